The van der Waals surface area contributed by atoms with Gasteiger partial charge in [0.25, 0.3) is 0 Å². The van der Waals surface area contributed by atoms with E-state index < -0.39 is 0 Å². The maximum Gasteiger partial charge on any atom is 0.227 e. The van der Waals surface area contributed by atoms with E-state index in [0.717, 1.165) is 44.6 Å². The summed E-state index contributed by atoms with van der Waals surface area (Å²) in [4.78, 5) is 29.0. The van der Waals surface area contributed by atoms with Crippen molar-refractivity contribution in [2.24, 2.45) is 5.92 Å². The number of halogens is 1. The Morgan fingerprint density at radius 3 is 2.74 bits per heavy atom. The van der Waals surface area contributed by atoms with Crippen LogP contribution in [0.15, 0.2) is 30.3 Å². The van der Waals surface area contributed by atoms with Gasteiger partial charge in [0.1, 0.15) is 5.75 Å². The van der Waals surface area contributed by atoms with Crippen molar-refractivity contribution in [1.82, 2.24) is 15.1 Å². The van der Waals surface area contributed by atoms with Crippen LogP contribution >= 0.6 is 12.4 Å². The lowest BCUT2D eigenvalue weighted by atomic mass is 9.95. The lowest BCUT2D eigenvalue weighted by molar-refractivity contribution is -0.141. The Morgan fingerprint density at radius 2 is 2.04 bits per heavy atom. The molecule has 27 heavy (non-hydrogen) atoms. The highest BCUT2D eigenvalue weighted by Gasteiger charge is 2.33. The first-order valence-electron chi connectivity index (χ1n) is 9.58. The van der Waals surface area contributed by atoms with Gasteiger partial charge in [-0.15, -0.1) is 12.4 Å². The molecule has 7 heteroatoms. The van der Waals surface area contributed by atoms with Crippen molar-refractivity contribution in [1.29, 1.82) is 0 Å². The first-order chi connectivity index (χ1) is 12.6. The number of para-hydroxylation sites is 1. The molecule has 6 nitrogen and oxygen atoms in total. The summed E-state index contributed by atoms with van der Waals surface area (Å²) in [5.41, 5.74) is 0. The number of carbonyl (C=O) groups is 2. The fourth-order valence-electron chi connectivity index (χ4n) is 3.77. The summed E-state index contributed by atoms with van der Waals surface area (Å²) < 4.78 is 5.62. The smallest absolute Gasteiger partial charge is 0.227 e. The SMILES string of the molecule is CN(C(=O)C1CCCN(C(=O)CCOc2ccccc2)C1)C1CCNC1.Cl. The van der Waals surface area contributed by atoms with Crippen molar-refractivity contribution < 1.29 is 14.3 Å². The molecular weight excluding hydrogens is 366 g/mol. The standard InChI is InChI=1S/C20H29N3O3.ClH/c1-22(17-9-11-21-14-17)20(25)16-6-5-12-23(15-16)19(24)10-13-26-18-7-3-2-4-8-18;/h2-4,7-8,16-17,21H,5-6,9-15H2,1H3;1H. The third-order valence-corrected chi connectivity index (χ3v) is 5.38. The maximum absolute atomic E-state index is 12.8. The van der Waals surface area contributed by atoms with Crippen molar-refractivity contribution in [3.8, 4) is 5.75 Å². The van der Waals surface area contributed by atoms with Gasteiger partial charge in [-0.1, -0.05) is 18.2 Å². The molecule has 0 spiro atoms. The van der Waals surface area contributed by atoms with Crippen molar-refractivity contribution in [2.75, 3.05) is 39.8 Å². The number of rotatable bonds is 6. The van der Waals surface area contributed by atoms with Gasteiger partial charge < -0.3 is 19.9 Å². The number of nitrogens with zero attached hydrogens (tertiary/aromatic N) is 2. The molecule has 0 aliphatic carbocycles. The summed E-state index contributed by atoms with van der Waals surface area (Å²) >= 11 is 0. The molecule has 0 radical (unpaired) electrons. The minimum absolute atomic E-state index is 0. The van der Waals surface area contributed by atoms with Gasteiger partial charge in [0.15, 0.2) is 0 Å². The average molecular weight is 396 g/mol. The molecule has 0 bridgehead atoms. The van der Waals surface area contributed by atoms with E-state index >= 15 is 0 Å². The highest BCUT2D eigenvalue weighted by Crippen LogP contribution is 2.21. The fourth-order valence-corrected chi connectivity index (χ4v) is 3.77. The number of carbonyl (C=O) groups excluding carboxylic acids is 2. The maximum atomic E-state index is 12.8. The van der Waals surface area contributed by atoms with Crippen LogP contribution in [0.2, 0.25) is 0 Å². The Hall–Kier alpha value is -1.79. The Kier molecular flexibility index (Phi) is 8.38. The largest absolute Gasteiger partial charge is 0.493 e. The van der Waals surface area contributed by atoms with Crippen LogP contribution in [0.5, 0.6) is 5.75 Å². The zero-order chi connectivity index (χ0) is 18.4. The van der Waals surface area contributed by atoms with E-state index in [2.05, 4.69) is 5.32 Å². The number of likely N-dealkylation sites (N-methyl/N-ethyl adjacent to an activating group) is 1. The normalized spacial score (nSPS) is 22.0. The lowest BCUT2D eigenvalue weighted by Crippen LogP contribution is -2.48. The van der Waals surface area contributed by atoms with Gasteiger partial charge in [0.2, 0.25) is 11.8 Å². The molecule has 2 fully saturated rings. The van der Waals surface area contributed by atoms with E-state index in [-0.39, 0.29) is 36.2 Å². The summed E-state index contributed by atoms with van der Waals surface area (Å²) in [7, 11) is 1.90. The number of hydrogen-bond donors (Lipinski definition) is 1. The molecule has 2 aliphatic heterocycles. The summed E-state index contributed by atoms with van der Waals surface area (Å²) in [6.45, 7) is 3.48. The summed E-state index contributed by atoms with van der Waals surface area (Å²) in [6.07, 6.45) is 3.11. The van der Waals surface area contributed by atoms with E-state index in [9.17, 15) is 9.59 Å². The molecule has 150 valence electrons. The second-order valence-corrected chi connectivity index (χ2v) is 7.19. The molecule has 2 amide bonds. The van der Waals surface area contributed by atoms with Crippen LogP contribution in [0.25, 0.3) is 0 Å². The third kappa shape index (κ3) is 5.84. The van der Waals surface area contributed by atoms with Gasteiger partial charge in [0.05, 0.1) is 18.9 Å². The first kappa shape index (κ1) is 21.5. The Morgan fingerprint density at radius 1 is 1.26 bits per heavy atom. The quantitative estimate of drug-likeness (QED) is 0.799. The van der Waals surface area contributed by atoms with Gasteiger partial charge in [-0.05, 0) is 37.9 Å². The van der Waals surface area contributed by atoms with Gasteiger partial charge in [-0.2, -0.15) is 0 Å². The van der Waals surface area contributed by atoms with E-state index in [1.54, 1.807) is 0 Å². The number of amides is 2. The predicted molar refractivity (Wildman–Crippen MR) is 107 cm³/mol. The van der Waals surface area contributed by atoms with Crippen LogP contribution in [0.1, 0.15) is 25.7 Å². The Bertz CT molecular complexity index is 608. The minimum Gasteiger partial charge on any atom is -0.493 e. The molecule has 0 aromatic heterocycles. The molecule has 3 rings (SSSR count). The second kappa shape index (κ2) is 10.5. The average Bonchev–Trinajstić information content (AvgIpc) is 3.22. The molecule has 1 N–H and O–H groups in total. The molecule has 1 aromatic carbocycles. The number of piperidine rings is 1. The molecule has 2 saturated heterocycles. The van der Waals surface area contributed by atoms with E-state index in [1.807, 2.05) is 47.2 Å². The zero-order valence-electron chi connectivity index (χ0n) is 15.9. The molecule has 1 aromatic rings. The lowest BCUT2D eigenvalue weighted by Gasteiger charge is -2.35. The number of hydrogen-bond acceptors (Lipinski definition) is 4. The Labute approximate surface area is 167 Å². The predicted octanol–water partition coefficient (Wildman–Crippen LogP) is 1.94. The zero-order valence-corrected chi connectivity index (χ0v) is 16.7. The van der Waals surface area contributed by atoms with Crippen LogP contribution in [0.4, 0.5) is 0 Å². The first-order valence-corrected chi connectivity index (χ1v) is 9.58. The van der Waals surface area contributed by atoms with Crippen molar-refractivity contribution in [3.63, 3.8) is 0 Å². The fraction of sp³-hybridized carbons (Fsp3) is 0.600. The van der Waals surface area contributed by atoms with Crippen LogP contribution < -0.4 is 10.1 Å². The van der Waals surface area contributed by atoms with Gasteiger partial charge in [0, 0.05) is 32.7 Å². The molecule has 0 saturated carbocycles. The van der Waals surface area contributed by atoms with Crippen molar-refractivity contribution in [3.05, 3.63) is 30.3 Å². The third-order valence-electron chi connectivity index (χ3n) is 5.38. The summed E-state index contributed by atoms with van der Waals surface area (Å²) in [6, 6.07) is 9.80. The second-order valence-electron chi connectivity index (χ2n) is 7.19. The van der Waals surface area contributed by atoms with Crippen LogP contribution in [-0.2, 0) is 9.59 Å². The Balaban J connectivity index is 0.00000261. The van der Waals surface area contributed by atoms with Crippen molar-refractivity contribution >= 4 is 24.2 Å². The number of nitrogens with one attached hydrogen (secondary N) is 1. The molecule has 2 heterocycles. The van der Waals surface area contributed by atoms with E-state index in [1.165, 1.54) is 0 Å². The van der Waals surface area contributed by atoms with Gasteiger partial charge in [-0.3, -0.25) is 9.59 Å². The van der Waals surface area contributed by atoms with Gasteiger partial charge >= 0.3 is 0 Å². The number of likely N-dealkylation sites (tertiary alicyclic amines) is 1. The highest BCUT2D eigenvalue weighted by molar-refractivity contribution is 5.85. The van der Waals surface area contributed by atoms with E-state index in [4.69, 9.17) is 4.74 Å². The van der Waals surface area contributed by atoms with Crippen molar-refractivity contribution in [2.45, 2.75) is 31.7 Å². The summed E-state index contributed by atoms with van der Waals surface area (Å²) in [5, 5.41) is 3.30. The topological polar surface area (TPSA) is 61.9 Å². The molecule has 2 unspecified atom stereocenters. The molecular formula is C20H30ClN3O3. The molecule has 2 aliphatic rings. The van der Waals surface area contributed by atoms with Gasteiger partial charge in [-0.25, -0.2) is 0 Å². The van der Waals surface area contributed by atoms with Crippen LogP contribution in [-0.4, -0.2) is 67.5 Å². The summed E-state index contributed by atoms with van der Waals surface area (Å²) in [5.74, 6) is 0.951. The molecule has 2 atom stereocenters. The number of ether oxygens (including phenoxy) is 1. The van der Waals surface area contributed by atoms with E-state index in [0.29, 0.717) is 19.6 Å². The number of benzene rings is 1. The van der Waals surface area contributed by atoms with Crippen LogP contribution in [0, 0.1) is 5.92 Å². The minimum atomic E-state index is -0.0756. The van der Waals surface area contributed by atoms with Crippen LogP contribution in [0.3, 0.4) is 0 Å². The monoisotopic (exact) mass is 395 g/mol. The highest BCUT2D eigenvalue weighted by atomic mass is 35.5.